The van der Waals surface area contributed by atoms with Crippen molar-refractivity contribution in [1.29, 1.82) is 0 Å². The van der Waals surface area contributed by atoms with Gasteiger partial charge in [0.05, 0.1) is 33.4 Å². The minimum Gasteiger partial charge on any atom is -0.337 e. The van der Waals surface area contributed by atoms with Crippen molar-refractivity contribution in [2.24, 2.45) is 4.99 Å². The molecule has 1 atom stereocenters. The first-order valence-electron chi connectivity index (χ1n) is 9.57. The number of hydrogen-bond donors (Lipinski definition) is 0. The largest absolute Gasteiger partial charge is 0.337 e. The van der Waals surface area contributed by atoms with Crippen molar-refractivity contribution in [3.63, 3.8) is 0 Å². The number of amides is 1. The quantitative estimate of drug-likeness (QED) is 0.411. The van der Waals surface area contributed by atoms with E-state index in [1.54, 1.807) is 12.1 Å². The Morgan fingerprint density at radius 2 is 1.97 bits per heavy atom. The van der Waals surface area contributed by atoms with Gasteiger partial charge in [-0.05, 0) is 73.5 Å². The Morgan fingerprint density at radius 1 is 1.21 bits per heavy atom. The van der Waals surface area contributed by atoms with Gasteiger partial charge in [0.15, 0.2) is 0 Å². The van der Waals surface area contributed by atoms with Crippen molar-refractivity contribution in [2.45, 2.75) is 25.3 Å². The first-order valence-corrected chi connectivity index (χ1v) is 10.7. The normalized spacial score (nSPS) is 15.0. The molecule has 0 aliphatic carbocycles. The summed E-state index contributed by atoms with van der Waals surface area (Å²) in [6, 6.07) is 13.1. The maximum atomic E-state index is 13.1. The Labute approximate surface area is 187 Å². The van der Waals surface area contributed by atoms with Crippen LogP contribution < -0.4 is 0 Å². The van der Waals surface area contributed by atoms with Gasteiger partial charge in [-0.25, -0.2) is 0 Å². The minimum atomic E-state index is -0.0800. The van der Waals surface area contributed by atoms with Crippen LogP contribution in [0.5, 0.6) is 0 Å². The molecular formula is C22H23Cl2N3OS. The average Bonchev–Trinajstić information content (AvgIpc) is 3.22. The molecule has 0 N–H and O–H groups in total. The summed E-state index contributed by atoms with van der Waals surface area (Å²) < 4.78 is 0. The summed E-state index contributed by atoms with van der Waals surface area (Å²) in [7, 11) is 1.86. The number of likely N-dealkylation sites (tertiary alicyclic amines) is 1. The smallest absolute Gasteiger partial charge is 0.227 e. The highest BCUT2D eigenvalue weighted by Crippen LogP contribution is 2.28. The summed E-state index contributed by atoms with van der Waals surface area (Å²) in [6.07, 6.45) is 2.66. The molecule has 0 saturated carbocycles. The number of benzene rings is 2. The van der Waals surface area contributed by atoms with Crippen molar-refractivity contribution in [3.8, 4) is 0 Å². The van der Waals surface area contributed by atoms with E-state index in [2.05, 4.69) is 15.1 Å². The van der Waals surface area contributed by atoms with E-state index in [9.17, 15) is 4.79 Å². The van der Waals surface area contributed by atoms with Crippen molar-refractivity contribution in [1.82, 2.24) is 9.80 Å². The Morgan fingerprint density at radius 3 is 2.66 bits per heavy atom. The second-order valence-corrected chi connectivity index (χ2v) is 8.25. The number of hydrogen-bond acceptors (Lipinski definition) is 4. The highest BCUT2D eigenvalue weighted by Gasteiger charge is 2.26. The number of halogens is 2. The molecule has 0 aromatic heterocycles. The SMILES string of the molecule is CN(C(=O)Cc1ccc(Cl)c(Cl)c1)[C@@H](CN1CCCC1)c1cccc(N=C=S)c1. The van der Waals surface area contributed by atoms with E-state index in [1.165, 1.54) is 12.8 Å². The lowest BCUT2D eigenvalue weighted by Gasteiger charge is -2.32. The number of isothiocyanates is 1. The van der Waals surface area contributed by atoms with Gasteiger partial charge in [-0.3, -0.25) is 4.79 Å². The van der Waals surface area contributed by atoms with E-state index >= 15 is 0 Å². The van der Waals surface area contributed by atoms with E-state index in [0.717, 1.165) is 36.4 Å². The second kappa shape index (κ2) is 10.3. The number of thiocarbonyl (C=S) groups is 1. The van der Waals surface area contributed by atoms with Crippen LogP contribution in [0.1, 0.15) is 30.0 Å². The topological polar surface area (TPSA) is 35.9 Å². The van der Waals surface area contributed by atoms with Crippen LogP contribution in [0.3, 0.4) is 0 Å². The standard InChI is InChI=1S/C22H23Cl2N3OS/c1-26(22(28)12-16-7-8-19(23)20(24)11-16)21(14-27-9-2-3-10-27)17-5-4-6-18(13-17)25-15-29/h4-8,11,13,21H,2-3,9-10,12,14H2,1H3/t21-/m0/s1. The fourth-order valence-electron chi connectivity index (χ4n) is 3.64. The van der Waals surface area contributed by atoms with E-state index in [4.69, 9.17) is 35.4 Å². The molecule has 1 aliphatic rings. The number of likely N-dealkylation sites (N-methyl/N-ethyl adjacent to an activating group) is 1. The summed E-state index contributed by atoms with van der Waals surface area (Å²) in [5, 5.41) is 3.35. The third-order valence-corrected chi connectivity index (χ3v) is 6.09. The Bertz CT molecular complexity index is 924. The lowest BCUT2D eigenvalue weighted by atomic mass is 10.0. The zero-order chi connectivity index (χ0) is 20.8. The Balaban J connectivity index is 1.83. The molecule has 7 heteroatoms. The molecule has 0 spiro atoms. The number of aliphatic imine (C=N–C) groups is 1. The number of rotatable bonds is 7. The predicted molar refractivity (Wildman–Crippen MR) is 122 cm³/mol. The summed E-state index contributed by atoms with van der Waals surface area (Å²) in [4.78, 5) is 21.4. The Hall–Kier alpha value is -1.75. The van der Waals surface area contributed by atoms with E-state index in [1.807, 2.05) is 42.3 Å². The van der Waals surface area contributed by atoms with Crippen LogP contribution in [0.15, 0.2) is 47.5 Å². The molecule has 1 saturated heterocycles. The van der Waals surface area contributed by atoms with Gasteiger partial charge in [0.1, 0.15) is 0 Å². The van der Waals surface area contributed by atoms with Crippen molar-refractivity contribution >= 4 is 52.2 Å². The van der Waals surface area contributed by atoms with Gasteiger partial charge >= 0.3 is 0 Å². The fourth-order valence-corrected chi connectivity index (χ4v) is 4.06. The number of carbonyl (C=O) groups is 1. The third-order valence-electron chi connectivity index (χ3n) is 5.26. The van der Waals surface area contributed by atoms with Gasteiger partial charge < -0.3 is 9.80 Å². The maximum Gasteiger partial charge on any atom is 0.227 e. The average molecular weight is 448 g/mol. The molecule has 1 aliphatic heterocycles. The van der Waals surface area contributed by atoms with Crippen LogP contribution in [0, 0.1) is 0 Å². The maximum absolute atomic E-state index is 13.1. The lowest BCUT2D eigenvalue weighted by molar-refractivity contribution is -0.131. The highest BCUT2D eigenvalue weighted by atomic mass is 35.5. The number of carbonyl (C=O) groups excluding carboxylic acids is 1. The molecule has 152 valence electrons. The van der Waals surface area contributed by atoms with Gasteiger partial charge in [0, 0.05) is 13.6 Å². The first kappa shape index (κ1) is 21.9. The van der Waals surface area contributed by atoms with Crippen LogP contribution >= 0.6 is 35.4 Å². The van der Waals surface area contributed by atoms with Crippen molar-refractivity contribution in [2.75, 3.05) is 26.7 Å². The zero-order valence-electron chi connectivity index (χ0n) is 16.3. The molecule has 1 amide bonds. The summed E-state index contributed by atoms with van der Waals surface area (Å²) >= 11 is 16.8. The summed E-state index contributed by atoms with van der Waals surface area (Å²) in [6.45, 7) is 2.90. The second-order valence-electron chi connectivity index (χ2n) is 7.25. The molecule has 4 nitrogen and oxygen atoms in total. The summed E-state index contributed by atoms with van der Waals surface area (Å²) in [5.74, 6) is 0.0244. The molecule has 2 aromatic rings. The Kier molecular flexibility index (Phi) is 7.82. The fraction of sp³-hybridized carbons (Fsp3) is 0.364. The van der Waals surface area contributed by atoms with Crippen molar-refractivity contribution < 1.29 is 4.79 Å². The molecule has 3 rings (SSSR count). The van der Waals surface area contributed by atoms with Crippen molar-refractivity contribution in [3.05, 3.63) is 63.6 Å². The summed E-state index contributed by atoms with van der Waals surface area (Å²) in [5.41, 5.74) is 2.62. The molecular weight excluding hydrogens is 425 g/mol. The molecule has 0 radical (unpaired) electrons. The van der Waals surface area contributed by atoms with E-state index < -0.39 is 0 Å². The van der Waals surface area contributed by atoms with Gasteiger partial charge in [0.2, 0.25) is 5.91 Å². The first-order chi connectivity index (χ1) is 14.0. The van der Waals surface area contributed by atoms with Crippen LogP contribution in [-0.2, 0) is 11.2 Å². The van der Waals surface area contributed by atoms with E-state index in [0.29, 0.717) is 10.0 Å². The molecule has 0 unspecified atom stereocenters. The zero-order valence-corrected chi connectivity index (χ0v) is 18.6. The third kappa shape index (κ3) is 5.88. The van der Waals surface area contributed by atoms with Gasteiger partial charge in [0.25, 0.3) is 0 Å². The predicted octanol–water partition coefficient (Wildman–Crippen LogP) is 5.57. The molecule has 29 heavy (non-hydrogen) atoms. The van der Waals surface area contributed by atoms with E-state index in [-0.39, 0.29) is 18.4 Å². The molecule has 2 aromatic carbocycles. The van der Waals surface area contributed by atoms with Crippen LogP contribution in [0.2, 0.25) is 10.0 Å². The lowest BCUT2D eigenvalue weighted by Crippen LogP contribution is -2.39. The number of nitrogens with zero attached hydrogens (tertiary/aromatic N) is 3. The monoisotopic (exact) mass is 447 g/mol. The van der Waals surface area contributed by atoms with Gasteiger partial charge in [-0.2, -0.15) is 4.99 Å². The van der Waals surface area contributed by atoms with Crippen LogP contribution in [-0.4, -0.2) is 47.6 Å². The van der Waals surface area contributed by atoms with Gasteiger partial charge in [-0.15, -0.1) is 0 Å². The molecule has 1 heterocycles. The van der Waals surface area contributed by atoms with Crippen LogP contribution in [0.25, 0.3) is 0 Å². The molecule has 0 bridgehead atoms. The minimum absolute atomic E-state index is 0.0244. The van der Waals surface area contributed by atoms with Gasteiger partial charge in [-0.1, -0.05) is 41.4 Å². The highest BCUT2D eigenvalue weighted by molar-refractivity contribution is 7.78. The molecule has 1 fully saturated rings. The van der Waals surface area contributed by atoms with Crippen LogP contribution in [0.4, 0.5) is 5.69 Å².